The first-order valence-electron chi connectivity index (χ1n) is 24.2. The quantitative estimate of drug-likeness (QED) is 0.0325. The first-order chi connectivity index (χ1) is 27.5. The molecule has 2 atom stereocenters. The molecule has 0 saturated heterocycles. The first kappa shape index (κ1) is 54.1. The van der Waals surface area contributed by atoms with E-state index in [9.17, 15) is 19.8 Å². The molecule has 6 heteroatoms. The number of carbonyl (C=O) groups excluding carboxylic acids is 2. The molecule has 56 heavy (non-hydrogen) atoms. The van der Waals surface area contributed by atoms with Crippen molar-refractivity contribution in [2.75, 3.05) is 13.2 Å². The third-order valence-corrected chi connectivity index (χ3v) is 10.9. The molecule has 0 bridgehead atoms. The number of rotatable bonds is 44. The van der Waals surface area contributed by atoms with E-state index in [2.05, 4.69) is 55.6 Å². The van der Waals surface area contributed by atoms with E-state index in [1.807, 2.05) is 0 Å². The number of esters is 1. The van der Waals surface area contributed by atoms with Gasteiger partial charge in [0.2, 0.25) is 5.91 Å². The van der Waals surface area contributed by atoms with E-state index in [1.165, 1.54) is 135 Å². The fraction of sp³-hybridized carbons (Fsp3) is 0.840. The molecule has 0 aliphatic heterocycles. The Morgan fingerprint density at radius 2 is 0.911 bits per heavy atom. The van der Waals surface area contributed by atoms with Crippen LogP contribution in [0.15, 0.2) is 36.5 Å². The summed E-state index contributed by atoms with van der Waals surface area (Å²) in [5.41, 5.74) is 0. The molecule has 0 aliphatic carbocycles. The highest BCUT2D eigenvalue weighted by molar-refractivity contribution is 5.76. The van der Waals surface area contributed by atoms with Gasteiger partial charge in [-0.3, -0.25) is 9.59 Å². The number of unbranched alkanes of at least 4 members (excludes halogenated alkanes) is 27. The van der Waals surface area contributed by atoms with Gasteiger partial charge in [-0.15, -0.1) is 0 Å². The predicted octanol–water partition coefficient (Wildman–Crippen LogP) is 14.1. The maximum Gasteiger partial charge on any atom is 0.305 e. The average Bonchev–Trinajstić information content (AvgIpc) is 3.20. The van der Waals surface area contributed by atoms with Crippen LogP contribution < -0.4 is 5.32 Å². The molecule has 1 amide bonds. The predicted molar refractivity (Wildman–Crippen MR) is 241 cm³/mol. The summed E-state index contributed by atoms with van der Waals surface area (Å²) in [4.78, 5) is 24.4. The smallest absolute Gasteiger partial charge is 0.305 e. The van der Waals surface area contributed by atoms with Crippen molar-refractivity contribution in [2.45, 2.75) is 257 Å². The van der Waals surface area contributed by atoms with E-state index in [0.717, 1.165) is 77.0 Å². The van der Waals surface area contributed by atoms with E-state index in [1.54, 1.807) is 0 Å². The zero-order valence-corrected chi connectivity index (χ0v) is 37.1. The maximum atomic E-state index is 12.4. The normalized spacial score (nSPS) is 13.0. The van der Waals surface area contributed by atoms with E-state index < -0.39 is 12.1 Å². The number of aliphatic hydroxyl groups is 2. The maximum absolute atomic E-state index is 12.4. The summed E-state index contributed by atoms with van der Waals surface area (Å²) in [6.07, 6.45) is 54.0. The topological polar surface area (TPSA) is 95.9 Å². The molecular weight excluding hydrogens is 695 g/mol. The SMILES string of the molecule is CCCCC/C=C\C/C=C\CCCCCCCCCCCC(=O)OCCCCCC/C=C\CCCC(=O)NC(CO)C(O)CCCCCCCCCCCCC. The number of hydrogen-bond donors (Lipinski definition) is 3. The van der Waals surface area contributed by atoms with Crippen LogP contribution in [0.4, 0.5) is 0 Å². The van der Waals surface area contributed by atoms with Crippen LogP contribution >= 0.6 is 0 Å². The van der Waals surface area contributed by atoms with Gasteiger partial charge >= 0.3 is 5.97 Å². The summed E-state index contributed by atoms with van der Waals surface area (Å²) in [5, 5.41) is 23.0. The van der Waals surface area contributed by atoms with E-state index in [4.69, 9.17) is 4.74 Å². The largest absolute Gasteiger partial charge is 0.466 e. The number of amides is 1. The molecule has 3 N–H and O–H groups in total. The number of ether oxygens (including phenoxy) is 1. The molecule has 6 nitrogen and oxygen atoms in total. The van der Waals surface area contributed by atoms with Crippen LogP contribution in [-0.4, -0.2) is 47.4 Å². The second kappa shape index (κ2) is 45.8. The molecule has 0 aromatic carbocycles. The van der Waals surface area contributed by atoms with Crippen LogP contribution in [-0.2, 0) is 14.3 Å². The molecular formula is C50H93NO5. The van der Waals surface area contributed by atoms with Crippen molar-refractivity contribution in [3.63, 3.8) is 0 Å². The van der Waals surface area contributed by atoms with Crippen LogP contribution in [0.25, 0.3) is 0 Å². The minimum Gasteiger partial charge on any atom is -0.466 e. The number of aliphatic hydroxyl groups excluding tert-OH is 2. The lowest BCUT2D eigenvalue weighted by Crippen LogP contribution is -2.45. The van der Waals surface area contributed by atoms with Gasteiger partial charge in [0.05, 0.1) is 25.4 Å². The number of carbonyl (C=O) groups is 2. The number of hydrogen-bond acceptors (Lipinski definition) is 5. The van der Waals surface area contributed by atoms with Crippen LogP contribution in [0.3, 0.4) is 0 Å². The second-order valence-corrected chi connectivity index (χ2v) is 16.4. The van der Waals surface area contributed by atoms with Crippen LogP contribution in [0, 0.1) is 0 Å². The lowest BCUT2D eigenvalue weighted by atomic mass is 10.0. The van der Waals surface area contributed by atoms with Gasteiger partial charge in [0.15, 0.2) is 0 Å². The Labute approximate surface area is 347 Å². The molecule has 328 valence electrons. The minimum absolute atomic E-state index is 0.0405. The Balaban J connectivity index is 3.52. The van der Waals surface area contributed by atoms with Crippen molar-refractivity contribution >= 4 is 11.9 Å². The monoisotopic (exact) mass is 788 g/mol. The molecule has 0 spiro atoms. The van der Waals surface area contributed by atoms with Crippen molar-refractivity contribution in [3.8, 4) is 0 Å². The number of allylic oxidation sites excluding steroid dienone is 6. The summed E-state index contributed by atoms with van der Waals surface area (Å²) in [6.45, 7) is 4.81. The molecule has 0 aromatic rings. The molecule has 0 rings (SSSR count). The van der Waals surface area contributed by atoms with Gasteiger partial charge in [0.1, 0.15) is 0 Å². The standard InChI is InChI=1S/C50H93NO5/c1-3-5-7-9-11-13-15-16-17-18-19-20-21-22-24-28-32-36-40-44-50(55)56-45-41-37-33-29-25-27-31-35-39-43-49(54)51-47(46-52)48(53)42-38-34-30-26-23-14-12-10-8-6-4-2/h11,13,16-17,27,31,47-48,52-53H,3-10,12,14-15,18-26,28-30,32-46H2,1-2H3,(H,51,54)/b13-11-,17-16-,31-27-. The fourth-order valence-corrected chi connectivity index (χ4v) is 7.14. The lowest BCUT2D eigenvalue weighted by molar-refractivity contribution is -0.143. The van der Waals surface area contributed by atoms with Gasteiger partial charge in [-0.1, -0.05) is 192 Å². The summed E-state index contributed by atoms with van der Waals surface area (Å²) in [5.74, 6) is -0.139. The molecule has 0 fully saturated rings. The molecule has 0 radical (unpaired) electrons. The molecule has 2 unspecified atom stereocenters. The van der Waals surface area contributed by atoms with Gasteiger partial charge < -0.3 is 20.3 Å². The third-order valence-electron chi connectivity index (χ3n) is 10.9. The van der Waals surface area contributed by atoms with E-state index in [-0.39, 0.29) is 18.5 Å². The Hall–Kier alpha value is -1.92. The zero-order valence-electron chi connectivity index (χ0n) is 37.1. The van der Waals surface area contributed by atoms with Crippen molar-refractivity contribution in [1.82, 2.24) is 5.32 Å². The molecule has 0 aliphatic rings. The molecule has 0 heterocycles. The van der Waals surface area contributed by atoms with Gasteiger partial charge in [-0.05, 0) is 77.0 Å². The van der Waals surface area contributed by atoms with Crippen molar-refractivity contribution < 1.29 is 24.5 Å². The highest BCUT2D eigenvalue weighted by Gasteiger charge is 2.19. The summed E-state index contributed by atoms with van der Waals surface area (Å²) in [6, 6.07) is -0.578. The average molecular weight is 788 g/mol. The fourth-order valence-electron chi connectivity index (χ4n) is 7.14. The molecule has 0 aromatic heterocycles. The van der Waals surface area contributed by atoms with Crippen molar-refractivity contribution in [1.29, 1.82) is 0 Å². The van der Waals surface area contributed by atoms with Crippen LogP contribution in [0.1, 0.15) is 245 Å². The summed E-state index contributed by atoms with van der Waals surface area (Å²) in [7, 11) is 0. The second-order valence-electron chi connectivity index (χ2n) is 16.4. The Kier molecular flexibility index (Phi) is 44.2. The highest BCUT2D eigenvalue weighted by atomic mass is 16.5. The van der Waals surface area contributed by atoms with Crippen molar-refractivity contribution in [3.05, 3.63) is 36.5 Å². The van der Waals surface area contributed by atoms with E-state index >= 15 is 0 Å². The highest BCUT2D eigenvalue weighted by Crippen LogP contribution is 2.15. The van der Waals surface area contributed by atoms with Crippen LogP contribution in [0.5, 0.6) is 0 Å². The zero-order chi connectivity index (χ0) is 40.8. The van der Waals surface area contributed by atoms with Gasteiger partial charge in [-0.2, -0.15) is 0 Å². The lowest BCUT2D eigenvalue weighted by Gasteiger charge is -2.22. The Morgan fingerprint density at radius 1 is 0.500 bits per heavy atom. The minimum atomic E-state index is -0.694. The van der Waals surface area contributed by atoms with Crippen molar-refractivity contribution in [2.24, 2.45) is 0 Å². The molecule has 0 saturated carbocycles. The van der Waals surface area contributed by atoms with Crippen LogP contribution in [0.2, 0.25) is 0 Å². The Morgan fingerprint density at radius 3 is 1.45 bits per heavy atom. The number of nitrogens with one attached hydrogen (secondary N) is 1. The Bertz CT molecular complexity index is 915. The van der Waals surface area contributed by atoms with Gasteiger partial charge in [0, 0.05) is 12.8 Å². The summed E-state index contributed by atoms with van der Waals surface area (Å²) >= 11 is 0. The van der Waals surface area contributed by atoms with Gasteiger partial charge in [-0.25, -0.2) is 0 Å². The van der Waals surface area contributed by atoms with Gasteiger partial charge in [0.25, 0.3) is 0 Å². The first-order valence-corrected chi connectivity index (χ1v) is 24.2. The summed E-state index contributed by atoms with van der Waals surface area (Å²) < 4.78 is 5.44. The third kappa shape index (κ3) is 41.7. The van der Waals surface area contributed by atoms with E-state index in [0.29, 0.717) is 25.9 Å².